The van der Waals surface area contributed by atoms with Gasteiger partial charge < -0.3 is 15.5 Å². The molecule has 3 N–H and O–H groups in total. The Morgan fingerprint density at radius 2 is 1.76 bits per heavy atom. The van der Waals surface area contributed by atoms with Crippen LogP contribution in [0.4, 0.5) is 5.69 Å². The molecule has 0 unspecified atom stereocenters. The second kappa shape index (κ2) is 7.94. The van der Waals surface area contributed by atoms with E-state index in [0.717, 1.165) is 29.1 Å². The largest absolute Gasteiger partial charge is 0.369 e. The Bertz CT molecular complexity index is 830. The molecule has 1 atom stereocenters. The predicted octanol–water partition coefficient (Wildman–Crippen LogP) is -0.779. The summed E-state index contributed by atoms with van der Waals surface area (Å²) in [6.07, 6.45) is 3.01. The van der Waals surface area contributed by atoms with Gasteiger partial charge in [-0.15, -0.1) is 0 Å². The Morgan fingerprint density at radius 1 is 1.07 bits per heavy atom. The summed E-state index contributed by atoms with van der Waals surface area (Å²) < 4.78 is 0. The molecule has 0 bridgehead atoms. The number of hydrogen-bond acceptors (Lipinski definition) is 4. The van der Waals surface area contributed by atoms with Crippen LogP contribution in [-0.2, 0) is 25.7 Å². The van der Waals surface area contributed by atoms with Crippen LogP contribution in [0.25, 0.3) is 0 Å². The Labute approximate surface area is 169 Å². The molecule has 8 nitrogen and oxygen atoms in total. The van der Waals surface area contributed by atoms with E-state index < -0.39 is 0 Å². The average Bonchev–Trinajstić information content (AvgIpc) is 3.27. The van der Waals surface area contributed by atoms with Gasteiger partial charge in [-0.2, -0.15) is 0 Å². The van der Waals surface area contributed by atoms with Gasteiger partial charge in [0.2, 0.25) is 17.7 Å². The number of carbonyl (C=O) groups excluding carboxylic acids is 4. The fourth-order valence-corrected chi connectivity index (χ4v) is 4.67. The second-order valence-corrected chi connectivity index (χ2v) is 8.23. The van der Waals surface area contributed by atoms with Crippen LogP contribution in [0.5, 0.6) is 0 Å². The van der Waals surface area contributed by atoms with E-state index in [1.165, 1.54) is 4.90 Å². The molecular formula is C21H27N4O4+. The highest BCUT2D eigenvalue weighted by atomic mass is 16.2. The molecule has 3 saturated heterocycles. The summed E-state index contributed by atoms with van der Waals surface area (Å²) in [6, 6.07) is 7.14. The molecule has 4 rings (SSSR count). The zero-order valence-electron chi connectivity index (χ0n) is 16.4. The van der Waals surface area contributed by atoms with E-state index in [4.69, 9.17) is 5.73 Å². The summed E-state index contributed by atoms with van der Waals surface area (Å²) in [4.78, 5) is 52.8. The lowest BCUT2D eigenvalue weighted by Gasteiger charge is -2.30. The Balaban J connectivity index is 1.38. The molecule has 1 aromatic rings. The van der Waals surface area contributed by atoms with E-state index in [2.05, 4.69) is 0 Å². The number of rotatable bonds is 5. The Kier molecular flexibility index (Phi) is 5.36. The molecule has 3 aliphatic heterocycles. The molecule has 3 heterocycles. The fourth-order valence-electron chi connectivity index (χ4n) is 4.67. The first kappa shape index (κ1) is 19.6. The number of benzene rings is 1. The number of carbonyl (C=O) groups is 4. The van der Waals surface area contributed by atoms with E-state index in [1.807, 2.05) is 24.3 Å². The van der Waals surface area contributed by atoms with Crippen molar-refractivity contribution in [3.05, 3.63) is 29.8 Å². The first-order valence-electron chi connectivity index (χ1n) is 10.3. The number of piperidine rings is 1. The first-order valence-corrected chi connectivity index (χ1v) is 10.3. The van der Waals surface area contributed by atoms with Crippen molar-refractivity contribution in [1.82, 2.24) is 4.90 Å². The van der Waals surface area contributed by atoms with E-state index in [0.29, 0.717) is 32.4 Å². The van der Waals surface area contributed by atoms with Crippen molar-refractivity contribution in [2.24, 2.45) is 11.7 Å². The van der Waals surface area contributed by atoms with Gasteiger partial charge >= 0.3 is 0 Å². The van der Waals surface area contributed by atoms with Gasteiger partial charge in [0.25, 0.3) is 5.91 Å². The highest BCUT2D eigenvalue weighted by Crippen LogP contribution is 2.23. The maximum absolute atomic E-state index is 12.9. The summed E-state index contributed by atoms with van der Waals surface area (Å²) >= 11 is 0. The minimum atomic E-state index is -0.363. The van der Waals surface area contributed by atoms with Gasteiger partial charge in [0.15, 0.2) is 6.04 Å². The summed E-state index contributed by atoms with van der Waals surface area (Å²) in [5, 5.41) is 0. The summed E-state index contributed by atoms with van der Waals surface area (Å²) in [5.74, 6) is -0.556. The van der Waals surface area contributed by atoms with E-state index in [9.17, 15) is 19.2 Å². The zero-order valence-corrected chi connectivity index (χ0v) is 16.4. The maximum Gasteiger partial charge on any atom is 0.288 e. The third-order valence-electron chi connectivity index (χ3n) is 6.43. The Morgan fingerprint density at radius 3 is 2.34 bits per heavy atom. The first-order chi connectivity index (χ1) is 13.9. The van der Waals surface area contributed by atoms with Gasteiger partial charge in [-0.1, -0.05) is 12.1 Å². The van der Waals surface area contributed by atoms with E-state index in [-0.39, 0.29) is 48.6 Å². The van der Waals surface area contributed by atoms with Crippen molar-refractivity contribution in [3.8, 4) is 0 Å². The van der Waals surface area contributed by atoms with Gasteiger partial charge in [0, 0.05) is 37.4 Å². The second-order valence-electron chi connectivity index (χ2n) is 8.23. The molecule has 154 valence electrons. The number of primary amides is 1. The zero-order chi connectivity index (χ0) is 20.5. The van der Waals surface area contributed by atoms with E-state index >= 15 is 0 Å². The number of likely N-dealkylation sites (tertiary alicyclic amines) is 2. The molecule has 0 saturated carbocycles. The van der Waals surface area contributed by atoms with Crippen molar-refractivity contribution < 1.29 is 24.1 Å². The van der Waals surface area contributed by atoms with Gasteiger partial charge in [0.1, 0.15) is 0 Å². The van der Waals surface area contributed by atoms with Crippen LogP contribution in [-0.4, -0.2) is 54.2 Å². The Hall–Kier alpha value is -2.74. The van der Waals surface area contributed by atoms with Crippen molar-refractivity contribution >= 4 is 29.3 Å². The number of imide groups is 1. The predicted molar refractivity (Wildman–Crippen MR) is 105 cm³/mol. The van der Waals surface area contributed by atoms with Crippen LogP contribution >= 0.6 is 0 Å². The number of nitrogens with two attached hydrogens (primary N) is 1. The third-order valence-corrected chi connectivity index (χ3v) is 6.43. The molecule has 1 aromatic carbocycles. The lowest BCUT2D eigenvalue weighted by atomic mass is 9.95. The van der Waals surface area contributed by atoms with Crippen LogP contribution in [0, 0.1) is 5.92 Å². The molecular weight excluding hydrogens is 372 g/mol. The quantitative estimate of drug-likeness (QED) is 0.634. The number of hydrogen-bond donors (Lipinski definition) is 2. The SMILES string of the molecule is NC(=O)C1CC[NH+]([C@@H]2CC(=O)N(Cc3ccc(N4CCCC4=O)cc3)C2=O)CC1. The summed E-state index contributed by atoms with van der Waals surface area (Å²) in [5.41, 5.74) is 7.10. The van der Waals surface area contributed by atoms with Gasteiger partial charge in [0.05, 0.1) is 26.1 Å². The number of anilines is 1. The molecule has 0 radical (unpaired) electrons. The van der Waals surface area contributed by atoms with Crippen molar-refractivity contribution in [2.75, 3.05) is 24.5 Å². The maximum atomic E-state index is 12.9. The molecule has 3 fully saturated rings. The minimum Gasteiger partial charge on any atom is -0.369 e. The lowest BCUT2D eigenvalue weighted by Crippen LogP contribution is -3.17. The molecule has 0 spiro atoms. The van der Waals surface area contributed by atoms with Gasteiger partial charge in [-0.3, -0.25) is 24.1 Å². The molecule has 0 aliphatic carbocycles. The standard InChI is InChI=1S/C21H26N4O4/c22-20(28)15-7-10-23(11-8-15)17-12-19(27)25(21(17)29)13-14-3-5-16(6-4-14)24-9-1-2-18(24)26/h3-6,15,17H,1-2,7-13H2,(H2,22,28)/p+1/t17-/m1/s1. The molecule has 8 heteroatoms. The van der Waals surface area contributed by atoms with Crippen LogP contribution in [0.3, 0.4) is 0 Å². The lowest BCUT2D eigenvalue weighted by molar-refractivity contribution is -0.920. The van der Waals surface area contributed by atoms with Crippen molar-refractivity contribution in [3.63, 3.8) is 0 Å². The van der Waals surface area contributed by atoms with E-state index in [1.54, 1.807) is 4.90 Å². The summed E-state index contributed by atoms with van der Waals surface area (Å²) in [6.45, 7) is 2.35. The van der Waals surface area contributed by atoms with Gasteiger partial charge in [-0.25, -0.2) is 0 Å². The highest BCUT2D eigenvalue weighted by molar-refractivity contribution is 6.04. The normalized spacial score (nSPS) is 27.7. The minimum absolute atomic E-state index is 0.122. The van der Waals surface area contributed by atoms with Crippen molar-refractivity contribution in [1.29, 1.82) is 0 Å². The van der Waals surface area contributed by atoms with Crippen LogP contribution < -0.4 is 15.5 Å². The van der Waals surface area contributed by atoms with Crippen LogP contribution in [0.15, 0.2) is 24.3 Å². The topological polar surface area (TPSA) is 105 Å². The number of nitrogens with zero attached hydrogens (tertiary/aromatic N) is 2. The molecule has 4 amide bonds. The van der Waals surface area contributed by atoms with Crippen LogP contribution in [0.1, 0.15) is 37.7 Å². The fraction of sp³-hybridized carbons (Fsp3) is 0.524. The van der Waals surface area contributed by atoms with Crippen LogP contribution in [0.2, 0.25) is 0 Å². The monoisotopic (exact) mass is 399 g/mol. The highest BCUT2D eigenvalue weighted by Gasteiger charge is 2.46. The van der Waals surface area contributed by atoms with Crippen molar-refractivity contribution in [2.45, 2.75) is 44.7 Å². The smallest absolute Gasteiger partial charge is 0.288 e. The third kappa shape index (κ3) is 3.89. The molecule has 29 heavy (non-hydrogen) atoms. The number of nitrogens with one attached hydrogen (secondary N) is 1. The molecule has 0 aromatic heterocycles. The van der Waals surface area contributed by atoms with Gasteiger partial charge in [-0.05, 0) is 24.1 Å². The summed E-state index contributed by atoms with van der Waals surface area (Å²) in [7, 11) is 0. The number of quaternary nitrogens is 1. The molecule has 3 aliphatic rings. The number of amides is 4. The average molecular weight is 399 g/mol.